The number of pyridine rings is 1. The second-order valence-corrected chi connectivity index (χ2v) is 9.66. The summed E-state index contributed by atoms with van der Waals surface area (Å²) in [5.74, 6) is 0.0623. The first-order chi connectivity index (χ1) is 14.1. The number of hydrogen-bond donors (Lipinski definition) is 4. The van der Waals surface area contributed by atoms with Crippen molar-refractivity contribution < 1.29 is 10.2 Å². The summed E-state index contributed by atoms with van der Waals surface area (Å²) in [6.07, 6.45) is 1.69. The second-order valence-electron chi connectivity index (χ2n) is 8.65. The van der Waals surface area contributed by atoms with E-state index in [1.807, 2.05) is 25.1 Å². The van der Waals surface area contributed by atoms with E-state index in [4.69, 9.17) is 10.7 Å². The van der Waals surface area contributed by atoms with Crippen molar-refractivity contribution in [2.75, 3.05) is 37.8 Å². The molecular formula is C21H30N6O2S. The monoisotopic (exact) mass is 430 g/mol. The highest BCUT2D eigenvalue weighted by molar-refractivity contribution is 7.99. The van der Waals surface area contributed by atoms with Gasteiger partial charge in [0, 0.05) is 50.9 Å². The number of nitrogens with one attached hydrogen (secondary N) is 1. The number of aromatic hydroxyl groups is 2. The standard InChI is InChI=1S/C21H30N6O2S/c1-21(2,3)12-23-8-9-27-13-6-7-24-19(22)18(13)25-20(27)30-17-11-16(29)15(28)10-14(17)26(4)5/h6-7,10-11,23,28-29H,8-9,12H2,1-5H3,(H2,22,24). The number of hydrogen-bond acceptors (Lipinski definition) is 8. The molecule has 3 aromatic rings. The Labute approximate surface area is 181 Å². The van der Waals surface area contributed by atoms with Crippen LogP contribution in [0.2, 0.25) is 0 Å². The molecule has 5 N–H and O–H groups in total. The first-order valence-electron chi connectivity index (χ1n) is 9.79. The predicted molar refractivity (Wildman–Crippen MR) is 122 cm³/mol. The molecule has 2 aromatic heterocycles. The first-order valence-corrected chi connectivity index (χ1v) is 10.6. The topological polar surface area (TPSA) is 112 Å². The molecule has 0 saturated heterocycles. The summed E-state index contributed by atoms with van der Waals surface area (Å²) in [6, 6.07) is 5.01. The second kappa shape index (κ2) is 8.61. The van der Waals surface area contributed by atoms with Crippen molar-refractivity contribution >= 4 is 34.3 Å². The molecular weight excluding hydrogens is 400 g/mol. The third kappa shape index (κ3) is 4.91. The number of rotatable bonds is 7. The quantitative estimate of drug-likeness (QED) is 0.334. The lowest BCUT2D eigenvalue weighted by Crippen LogP contribution is -2.29. The molecule has 0 unspecified atom stereocenters. The molecule has 9 heteroatoms. The number of aromatic nitrogens is 3. The van der Waals surface area contributed by atoms with Crippen LogP contribution in [0, 0.1) is 5.41 Å². The lowest BCUT2D eigenvalue weighted by Gasteiger charge is -2.20. The van der Waals surface area contributed by atoms with E-state index in [-0.39, 0.29) is 16.9 Å². The molecule has 0 aliphatic carbocycles. The highest BCUT2D eigenvalue weighted by atomic mass is 32.2. The van der Waals surface area contributed by atoms with Crippen LogP contribution in [0.5, 0.6) is 11.5 Å². The maximum absolute atomic E-state index is 10.0. The number of nitrogens with zero attached hydrogens (tertiary/aromatic N) is 4. The van der Waals surface area contributed by atoms with E-state index in [1.165, 1.54) is 11.8 Å². The molecule has 0 bridgehead atoms. The largest absolute Gasteiger partial charge is 0.504 e. The van der Waals surface area contributed by atoms with Gasteiger partial charge in [0.15, 0.2) is 22.5 Å². The van der Waals surface area contributed by atoms with Gasteiger partial charge in [-0.15, -0.1) is 0 Å². The van der Waals surface area contributed by atoms with Gasteiger partial charge in [-0.1, -0.05) is 20.8 Å². The first kappa shape index (κ1) is 22.0. The van der Waals surface area contributed by atoms with Crippen molar-refractivity contribution in [3.05, 3.63) is 24.4 Å². The molecule has 0 fully saturated rings. The molecule has 0 radical (unpaired) electrons. The van der Waals surface area contributed by atoms with Crippen LogP contribution in [-0.4, -0.2) is 51.9 Å². The van der Waals surface area contributed by atoms with Gasteiger partial charge in [-0.25, -0.2) is 9.97 Å². The van der Waals surface area contributed by atoms with Gasteiger partial charge in [0.05, 0.1) is 11.2 Å². The minimum atomic E-state index is -0.168. The summed E-state index contributed by atoms with van der Waals surface area (Å²) in [5.41, 5.74) is 8.63. The van der Waals surface area contributed by atoms with Crippen molar-refractivity contribution in [1.29, 1.82) is 0 Å². The number of benzene rings is 1. The molecule has 0 aliphatic heterocycles. The zero-order chi connectivity index (χ0) is 22.1. The van der Waals surface area contributed by atoms with Gasteiger partial charge >= 0.3 is 0 Å². The Morgan fingerprint density at radius 3 is 2.57 bits per heavy atom. The third-order valence-corrected chi connectivity index (χ3v) is 5.61. The number of fused-ring (bicyclic) bond motifs is 1. The number of phenolic OH excluding ortho intramolecular Hbond substituents is 2. The number of nitrogen functional groups attached to an aromatic ring is 1. The summed E-state index contributed by atoms with van der Waals surface area (Å²) >= 11 is 1.42. The van der Waals surface area contributed by atoms with E-state index in [2.05, 4.69) is 35.6 Å². The predicted octanol–water partition coefficient (Wildman–Crippen LogP) is 3.28. The Kier molecular flexibility index (Phi) is 6.33. The fourth-order valence-electron chi connectivity index (χ4n) is 3.08. The summed E-state index contributed by atoms with van der Waals surface area (Å²) in [5, 5.41) is 24.2. The summed E-state index contributed by atoms with van der Waals surface area (Å²) in [6.45, 7) is 8.98. The van der Waals surface area contributed by atoms with Gasteiger partial charge in [0.1, 0.15) is 5.52 Å². The number of phenols is 2. The van der Waals surface area contributed by atoms with Crippen LogP contribution in [0.3, 0.4) is 0 Å². The maximum atomic E-state index is 10.0. The van der Waals surface area contributed by atoms with Crippen LogP contribution in [0.4, 0.5) is 11.5 Å². The van der Waals surface area contributed by atoms with Gasteiger partial charge < -0.3 is 30.7 Å². The fourth-order valence-corrected chi connectivity index (χ4v) is 4.23. The van der Waals surface area contributed by atoms with Gasteiger partial charge in [0.25, 0.3) is 0 Å². The zero-order valence-corrected chi connectivity index (χ0v) is 18.9. The number of imidazole rings is 1. The van der Waals surface area contributed by atoms with Crippen LogP contribution >= 0.6 is 11.8 Å². The van der Waals surface area contributed by atoms with Crippen molar-refractivity contribution in [1.82, 2.24) is 19.9 Å². The van der Waals surface area contributed by atoms with E-state index >= 15 is 0 Å². The van der Waals surface area contributed by atoms with Gasteiger partial charge in [-0.3, -0.25) is 0 Å². The SMILES string of the molecule is CN(C)c1cc(O)c(O)cc1Sc1nc2c(N)nccc2n1CCNCC(C)(C)C. The van der Waals surface area contributed by atoms with E-state index in [9.17, 15) is 10.2 Å². The summed E-state index contributed by atoms with van der Waals surface area (Å²) < 4.78 is 2.11. The lowest BCUT2D eigenvalue weighted by atomic mass is 9.97. The Morgan fingerprint density at radius 2 is 1.90 bits per heavy atom. The summed E-state index contributed by atoms with van der Waals surface area (Å²) in [4.78, 5) is 11.6. The molecule has 0 aliphatic rings. The molecule has 0 atom stereocenters. The Hall–Kier alpha value is -2.65. The van der Waals surface area contributed by atoms with E-state index in [0.29, 0.717) is 17.9 Å². The molecule has 8 nitrogen and oxygen atoms in total. The van der Waals surface area contributed by atoms with Crippen molar-refractivity contribution in [2.45, 2.75) is 37.4 Å². The molecule has 2 heterocycles. The van der Waals surface area contributed by atoms with Crippen molar-refractivity contribution in [2.24, 2.45) is 5.41 Å². The molecule has 0 saturated carbocycles. The van der Waals surface area contributed by atoms with Gasteiger partial charge in [-0.2, -0.15) is 0 Å². The normalized spacial score (nSPS) is 11.9. The number of anilines is 2. The van der Waals surface area contributed by atoms with Crippen LogP contribution < -0.4 is 16.0 Å². The van der Waals surface area contributed by atoms with E-state index in [0.717, 1.165) is 34.3 Å². The Balaban J connectivity index is 1.97. The van der Waals surface area contributed by atoms with Crippen LogP contribution in [-0.2, 0) is 6.54 Å². The number of nitrogens with two attached hydrogens (primary N) is 1. The fraction of sp³-hybridized carbons (Fsp3) is 0.429. The van der Waals surface area contributed by atoms with Gasteiger partial charge in [-0.05, 0) is 29.3 Å². The van der Waals surface area contributed by atoms with E-state index in [1.54, 1.807) is 18.3 Å². The molecule has 1 aromatic carbocycles. The van der Waals surface area contributed by atoms with Crippen molar-refractivity contribution in [3.63, 3.8) is 0 Å². The molecule has 162 valence electrons. The maximum Gasteiger partial charge on any atom is 0.174 e. The minimum absolute atomic E-state index is 0.156. The smallest absolute Gasteiger partial charge is 0.174 e. The van der Waals surface area contributed by atoms with Gasteiger partial charge in [0.2, 0.25) is 0 Å². The molecule has 3 rings (SSSR count). The zero-order valence-electron chi connectivity index (χ0n) is 18.1. The van der Waals surface area contributed by atoms with E-state index < -0.39 is 0 Å². The van der Waals surface area contributed by atoms with Crippen LogP contribution in [0.25, 0.3) is 11.0 Å². The molecule has 0 amide bonds. The lowest BCUT2D eigenvalue weighted by molar-refractivity contribution is 0.375. The highest BCUT2D eigenvalue weighted by Gasteiger charge is 2.18. The molecule has 30 heavy (non-hydrogen) atoms. The molecule has 0 spiro atoms. The van der Waals surface area contributed by atoms with Crippen LogP contribution in [0.1, 0.15) is 20.8 Å². The Bertz CT molecular complexity index is 1040. The Morgan fingerprint density at radius 1 is 1.20 bits per heavy atom. The van der Waals surface area contributed by atoms with Crippen molar-refractivity contribution in [3.8, 4) is 11.5 Å². The average Bonchev–Trinajstić information content (AvgIpc) is 2.99. The average molecular weight is 431 g/mol. The minimum Gasteiger partial charge on any atom is -0.504 e. The summed E-state index contributed by atoms with van der Waals surface area (Å²) in [7, 11) is 3.77. The highest BCUT2D eigenvalue weighted by Crippen LogP contribution is 2.41. The van der Waals surface area contributed by atoms with Crippen LogP contribution in [0.15, 0.2) is 34.4 Å². The third-order valence-electron chi connectivity index (χ3n) is 4.57.